The van der Waals surface area contributed by atoms with Crippen LogP contribution in [0.25, 0.3) is 0 Å². The number of terminal acetylenes is 1. The molecule has 1 rings (SSSR count). The molecule has 0 saturated heterocycles. The fourth-order valence-electron chi connectivity index (χ4n) is 0.513. The van der Waals surface area contributed by atoms with E-state index >= 15 is 0 Å². The quantitative estimate of drug-likeness (QED) is 0.441. The molecule has 10 heavy (non-hydrogen) atoms. The Labute approximate surface area is 58.0 Å². The van der Waals surface area contributed by atoms with Crippen LogP contribution in [-0.2, 0) is 0 Å². The van der Waals surface area contributed by atoms with Crippen molar-refractivity contribution in [3.8, 4) is 12.3 Å². The largest absolute Gasteiger partial charge is 0.353 e. The molecule has 0 aliphatic heterocycles. The highest BCUT2D eigenvalue weighted by molar-refractivity contribution is 5.70. The summed E-state index contributed by atoms with van der Waals surface area (Å²) in [6.07, 6.45) is 6.92. The summed E-state index contributed by atoms with van der Waals surface area (Å²) >= 11 is 0. The zero-order chi connectivity index (χ0) is 7.40. The molecule has 0 amide bonds. The first-order chi connectivity index (χ1) is 4.86. The average molecular weight is 134 g/mol. The monoisotopic (exact) mass is 134 g/mol. The summed E-state index contributed by atoms with van der Waals surface area (Å²) in [4.78, 5) is 10.0. The standard InChI is InChI=1S/C7H4NO2/c1-2-3-6-4-7(5-9)10-8-6/h1,3-5H. The fraction of sp³-hybridized carbons (Fsp3) is 0. The minimum absolute atomic E-state index is 0.182. The van der Waals surface area contributed by atoms with Crippen LogP contribution in [0.5, 0.6) is 0 Å². The van der Waals surface area contributed by atoms with Gasteiger partial charge in [0.25, 0.3) is 0 Å². The highest BCUT2D eigenvalue weighted by atomic mass is 16.5. The molecule has 3 heteroatoms. The summed E-state index contributed by atoms with van der Waals surface area (Å²) in [7, 11) is 0. The maximum Gasteiger partial charge on any atom is 0.199 e. The third-order valence-electron chi connectivity index (χ3n) is 0.894. The Morgan fingerprint density at radius 2 is 2.60 bits per heavy atom. The van der Waals surface area contributed by atoms with Crippen LogP contribution in [0, 0.1) is 18.8 Å². The van der Waals surface area contributed by atoms with Crippen LogP contribution in [0.15, 0.2) is 10.6 Å². The minimum atomic E-state index is 0.182. The zero-order valence-corrected chi connectivity index (χ0v) is 5.07. The van der Waals surface area contributed by atoms with Gasteiger partial charge < -0.3 is 4.52 Å². The summed E-state index contributed by atoms with van der Waals surface area (Å²) in [5.41, 5.74) is 0.490. The van der Waals surface area contributed by atoms with Gasteiger partial charge in [0, 0.05) is 6.07 Å². The Balaban J connectivity index is 2.80. The Hall–Kier alpha value is -1.56. The molecular formula is C7H4NO2. The van der Waals surface area contributed by atoms with E-state index in [9.17, 15) is 4.79 Å². The molecule has 0 saturated carbocycles. The van der Waals surface area contributed by atoms with E-state index < -0.39 is 0 Å². The van der Waals surface area contributed by atoms with E-state index in [1.54, 1.807) is 0 Å². The van der Waals surface area contributed by atoms with Gasteiger partial charge in [-0.2, -0.15) is 0 Å². The lowest BCUT2D eigenvalue weighted by Crippen LogP contribution is -1.73. The van der Waals surface area contributed by atoms with Crippen LogP contribution in [0.2, 0.25) is 0 Å². The van der Waals surface area contributed by atoms with E-state index in [0.29, 0.717) is 12.0 Å². The second-order valence-electron chi connectivity index (χ2n) is 1.58. The molecule has 1 radical (unpaired) electrons. The highest BCUT2D eigenvalue weighted by Crippen LogP contribution is 2.01. The van der Waals surface area contributed by atoms with E-state index in [1.165, 1.54) is 12.5 Å². The van der Waals surface area contributed by atoms with Crippen LogP contribution in [-0.4, -0.2) is 11.4 Å². The van der Waals surface area contributed by atoms with E-state index in [0.717, 1.165) is 0 Å². The maximum absolute atomic E-state index is 10.0. The molecule has 0 aromatic carbocycles. The van der Waals surface area contributed by atoms with E-state index in [-0.39, 0.29) is 5.76 Å². The van der Waals surface area contributed by atoms with E-state index in [1.807, 2.05) is 0 Å². The summed E-state index contributed by atoms with van der Waals surface area (Å²) < 4.78 is 4.52. The Morgan fingerprint density at radius 1 is 1.80 bits per heavy atom. The number of hydrogen-bond donors (Lipinski definition) is 0. The number of carbonyl (C=O) groups is 1. The summed E-state index contributed by atoms with van der Waals surface area (Å²) in [6, 6.07) is 1.47. The maximum atomic E-state index is 10.0. The van der Waals surface area contributed by atoms with Gasteiger partial charge in [0.15, 0.2) is 12.0 Å². The van der Waals surface area contributed by atoms with Crippen LogP contribution in [0.1, 0.15) is 16.2 Å². The van der Waals surface area contributed by atoms with Gasteiger partial charge in [0.05, 0.1) is 6.42 Å². The molecule has 0 spiro atoms. The molecule has 1 aromatic rings. The van der Waals surface area contributed by atoms with Gasteiger partial charge in [0.1, 0.15) is 5.69 Å². The van der Waals surface area contributed by atoms with Gasteiger partial charge >= 0.3 is 0 Å². The first-order valence-corrected chi connectivity index (χ1v) is 2.58. The van der Waals surface area contributed by atoms with E-state index in [4.69, 9.17) is 6.42 Å². The average Bonchev–Trinajstić information content (AvgIpc) is 2.37. The Bertz CT molecular complexity index is 269. The third-order valence-corrected chi connectivity index (χ3v) is 0.894. The summed E-state index contributed by atoms with van der Waals surface area (Å²) in [6.45, 7) is 0. The van der Waals surface area contributed by atoms with Crippen LogP contribution < -0.4 is 0 Å². The Kier molecular flexibility index (Phi) is 1.86. The summed E-state index contributed by atoms with van der Waals surface area (Å²) in [5, 5.41) is 3.47. The number of carbonyl (C=O) groups excluding carboxylic acids is 1. The second kappa shape index (κ2) is 2.83. The third kappa shape index (κ3) is 1.23. The molecule has 0 fully saturated rings. The van der Waals surface area contributed by atoms with Gasteiger partial charge in [-0.1, -0.05) is 11.1 Å². The first kappa shape index (κ1) is 6.56. The molecule has 49 valence electrons. The lowest BCUT2D eigenvalue weighted by Gasteiger charge is -1.74. The van der Waals surface area contributed by atoms with Crippen molar-refractivity contribution in [3.63, 3.8) is 0 Å². The van der Waals surface area contributed by atoms with Crippen molar-refractivity contribution in [2.75, 3.05) is 0 Å². The molecule has 1 heterocycles. The normalized spacial score (nSPS) is 8.70. The van der Waals surface area contributed by atoms with Crippen molar-refractivity contribution < 1.29 is 9.32 Å². The van der Waals surface area contributed by atoms with Crippen LogP contribution in [0.4, 0.5) is 0 Å². The first-order valence-electron chi connectivity index (χ1n) is 2.58. The lowest BCUT2D eigenvalue weighted by atomic mass is 10.3. The molecule has 0 bridgehead atoms. The van der Waals surface area contributed by atoms with Crippen molar-refractivity contribution in [2.24, 2.45) is 0 Å². The van der Waals surface area contributed by atoms with Crippen molar-refractivity contribution in [1.82, 2.24) is 5.16 Å². The molecule has 0 N–H and O–H groups in total. The Morgan fingerprint density at radius 3 is 3.10 bits per heavy atom. The molecule has 0 atom stereocenters. The highest BCUT2D eigenvalue weighted by Gasteiger charge is 1.99. The van der Waals surface area contributed by atoms with E-state index in [2.05, 4.69) is 15.6 Å². The molecule has 0 unspecified atom stereocenters. The second-order valence-corrected chi connectivity index (χ2v) is 1.58. The predicted molar refractivity (Wildman–Crippen MR) is 34.1 cm³/mol. The number of aromatic nitrogens is 1. The zero-order valence-electron chi connectivity index (χ0n) is 5.07. The lowest BCUT2D eigenvalue weighted by molar-refractivity contribution is 0.109. The number of aldehydes is 1. The molecule has 0 aliphatic carbocycles. The molecule has 0 aliphatic rings. The number of hydrogen-bond acceptors (Lipinski definition) is 3. The van der Waals surface area contributed by atoms with Gasteiger partial charge in [-0.25, -0.2) is 0 Å². The predicted octanol–water partition coefficient (Wildman–Crippen LogP) is 0.673. The van der Waals surface area contributed by atoms with Gasteiger partial charge in [0.2, 0.25) is 0 Å². The molecular weight excluding hydrogens is 130 g/mol. The van der Waals surface area contributed by atoms with Gasteiger partial charge in [-0.05, 0) is 0 Å². The number of nitrogens with zero attached hydrogens (tertiary/aromatic N) is 1. The fourth-order valence-corrected chi connectivity index (χ4v) is 0.513. The SMILES string of the molecule is C#C[CH]c1cc(C=O)on1. The summed E-state index contributed by atoms with van der Waals surface area (Å²) in [5.74, 6) is 2.44. The van der Waals surface area contributed by atoms with Crippen molar-refractivity contribution in [2.45, 2.75) is 0 Å². The molecule has 1 aromatic heterocycles. The molecule has 3 nitrogen and oxygen atoms in total. The van der Waals surface area contributed by atoms with Crippen molar-refractivity contribution in [3.05, 3.63) is 23.9 Å². The van der Waals surface area contributed by atoms with Gasteiger partial charge in [-0.15, -0.1) is 6.42 Å². The topological polar surface area (TPSA) is 43.1 Å². The van der Waals surface area contributed by atoms with Crippen molar-refractivity contribution in [1.29, 1.82) is 0 Å². The minimum Gasteiger partial charge on any atom is -0.353 e. The van der Waals surface area contributed by atoms with Crippen LogP contribution in [0.3, 0.4) is 0 Å². The van der Waals surface area contributed by atoms with Crippen LogP contribution >= 0.6 is 0 Å². The van der Waals surface area contributed by atoms with Gasteiger partial charge in [-0.3, -0.25) is 4.79 Å². The van der Waals surface area contributed by atoms with Crippen molar-refractivity contribution >= 4 is 6.29 Å². The smallest absolute Gasteiger partial charge is 0.199 e. The number of rotatable bonds is 2.